The Morgan fingerprint density at radius 2 is 2.39 bits per heavy atom. The maximum atomic E-state index is 11.9. The summed E-state index contributed by atoms with van der Waals surface area (Å²) in [5, 5.41) is 7.34. The Bertz CT molecular complexity index is 558. The first-order chi connectivity index (χ1) is 11.0. The van der Waals surface area contributed by atoms with E-state index >= 15 is 0 Å². The third kappa shape index (κ3) is 3.84. The molecule has 0 aromatic carbocycles. The van der Waals surface area contributed by atoms with Crippen LogP contribution in [-0.2, 0) is 18.3 Å². The summed E-state index contributed by atoms with van der Waals surface area (Å²) in [6, 6.07) is 0.189. The van der Waals surface area contributed by atoms with Crippen molar-refractivity contribution in [2.45, 2.75) is 37.5 Å². The van der Waals surface area contributed by atoms with Crippen LogP contribution in [0.25, 0.3) is 0 Å². The van der Waals surface area contributed by atoms with Gasteiger partial charge in [-0.3, -0.25) is 9.58 Å². The summed E-state index contributed by atoms with van der Waals surface area (Å²) in [5.41, 5.74) is 1.13. The van der Waals surface area contributed by atoms with Gasteiger partial charge < -0.3 is 15.0 Å². The zero-order chi connectivity index (χ0) is 16.4. The summed E-state index contributed by atoms with van der Waals surface area (Å²) in [6.45, 7) is 3.59. The van der Waals surface area contributed by atoms with Crippen LogP contribution in [0.1, 0.15) is 24.8 Å². The number of aryl methyl sites for hydroxylation is 1. The van der Waals surface area contributed by atoms with E-state index in [1.165, 1.54) is 5.56 Å². The lowest BCUT2D eigenvalue weighted by atomic mass is 9.89. The number of nitrogens with zero attached hydrogens (tertiary/aromatic N) is 4. The Labute approximate surface area is 137 Å². The fraction of sp³-hybridized carbons (Fsp3) is 0.750. The largest absolute Gasteiger partial charge is 0.373 e. The van der Waals surface area contributed by atoms with Crippen LogP contribution < -0.4 is 5.32 Å². The lowest BCUT2D eigenvalue weighted by Crippen LogP contribution is -2.51. The lowest BCUT2D eigenvalue weighted by Gasteiger charge is -2.38. The van der Waals surface area contributed by atoms with Crippen LogP contribution in [0.5, 0.6) is 0 Å². The molecule has 2 fully saturated rings. The molecule has 0 bridgehead atoms. The molecule has 2 atom stereocenters. The first-order valence-corrected chi connectivity index (χ1v) is 8.27. The minimum atomic E-state index is -0.106. The zero-order valence-electron chi connectivity index (χ0n) is 14.3. The van der Waals surface area contributed by atoms with Crippen molar-refractivity contribution in [2.75, 3.05) is 33.8 Å². The van der Waals surface area contributed by atoms with Crippen molar-refractivity contribution in [2.24, 2.45) is 7.05 Å². The van der Waals surface area contributed by atoms with Gasteiger partial charge in [-0.25, -0.2) is 4.79 Å². The van der Waals surface area contributed by atoms with E-state index in [2.05, 4.69) is 21.5 Å². The highest BCUT2D eigenvalue weighted by Gasteiger charge is 2.43. The standard InChI is InChI=1S/C16H27N5O2/c1-19(2)15(22)18-14-4-7-23-16(8-14)5-6-21(12-16)11-13-9-17-20(3)10-13/h9-10,14H,4-8,11-12H2,1-3H3,(H,18,22)/t14-,16+/m1/s1. The maximum Gasteiger partial charge on any atom is 0.317 e. The molecule has 0 aliphatic carbocycles. The molecule has 0 saturated carbocycles. The number of hydrogen-bond acceptors (Lipinski definition) is 4. The van der Waals surface area contributed by atoms with E-state index in [1.54, 1.807) is 19.0 Å². The molecule has 3 rings (SSSR count). The van der Waals surface area contributed by atoms with Crippen LogP contribution in [-0.4, -0.2) is 71.0 Å². The van der Waals surface area contributed by atoms with Crippen molar-refractivity contribution >= 4 is 6.03 Å². The molecule has 1 aromatic rings. The smallest absolute Gasteiger partial charge is 0.317 e. The maximum absolute atomic E-state index is 11.9. The summed E-state index contributed by atoms with van der Waals surface area (Å²) in [5.74, 6) is 0. The van der Waals surface area contributed by atoms with Crippen LogP contribution in [0, 0.1) is 0 Å². The molecule has 2 amide bonds. The summed E-state index contributed by atoms with van der Waals surface area (Å²) in [7, 11) is 5.49. The zero-order valence-corrected chi connectivity index (χ0v) is 14.3. The second-order valence-corrected chi connectivity index (χ2v) is 7.05. The van der Waals surface area contributed by atoms with Crippen LogP contribution in [0.3, 0.4) is 0 Å². The Kier molecular flexibility index (Phi) is 4.59. The van der Waals surface area contributed by atoms with Gasteiger partial charge in [-0.15, -0.1) is 0 Å². The Morgan fingerprint density at radius 3 is 3.09 bits per heavy atom. The number of ether oxygens (including phenoxy) is 1. The van der Waals surface area contributed by atoms with E-state index in [1.807, 2.05) is 17.9 Å². The molecule has 1 spiro atoms. The average Bonchev–Trinajstić information content (AvgIpc) is 3.06. The van der Waals surface area contributed by atoms with Crippen LogP contribution in [0.4, 0.5) is 4.79 Å². The third-order valence-electron chi connectivity index (χ3n) is 4.79. The van der Waals surface area contributed by atoms with Crippen LogP contribution >= 0.6 is 0 Å². The topological polar surface area (TPSA) is 62.6 Å². The number of rotatable bonds is 3. The molecule has 2 aliphatic rings. The van der Waals surface area contributed by atoms with Crippen molar-refractivity contribution < 1.29 is 9.53 Å². The van der Waals surface area contributed by atoms with Crippen molar-refractivity contribution in [3.8, 4) is 0 Å². The molecule has 3 heterocycles. The van der Waals surface area contributed by atoms with Gasteiger partial charge in [-0.05, 0) is 19.3 Å². The molecule has 0 radical (unpaired) electrons. The normalized spacial score (nSPS) is 28.2. The van der Waals surface area contributed by atoms with Gasteiger partial charge in [-0.1, -0.05) is 0 Å². The number of likely N-dealkylation sites (tertiary alicyclic amines) is 1. The molecule has 1 N–H and O–H groups in total. The van der Waals surface area contributed by atoms with Gasteiger partial charge in [0, 0.05) is 65.2 Å². The molecule has 128 valence electrons. The van der Waals surface area contributed by atoms with Gasteiger partial charge in [0.2, 0.25) is 0 Å². The van der Waals surface area contributed by atoms with E-state index in [0.717, 1.165) is 45.5 Å². The molecule has 7 heteroatoms. The van der Waals surface area contributed by atoms with Gasteiger partial charge in [0.25, 0.3) is 0 Å². The van der Waals surface area contributed by atoms with E-state index < -0.39 is 0 Å². The third-order valence-corrected chi connectivity index (χ3v) is 4.79. The number of carbonyl (C=O) groups is 1. The quantitative estimate of drug-likeness (QED) is 0.895. The fourth-order valence-electron chi connectivity index (χ4n) is 3.61. The van der Waals surface area contributed by atoms with Gasteiger partial charge in [0.15, 0.2) is 0 Å². The molecule has 1 aromatic heterocycles. The van der Waals surface area contributed by atoms with Crippen molar-refractivity contribution in [3.63, 3.8) is 0 Å². The Morgan fingerprint density at radius 1 is 1.57 bits per heavy atom. The van der Waals surface area contributed by atoms with E-state index in [-0.39, 0.29) is 17.7 Å². The van der Waals surface area contributed by atoms with Gasteiger partial charge in [0.05, 0.1) is 11.8 Å². The first-order valence-electron chi connectivity index (χ1n) is 8.27. The average molecular weight is 321 g/mol. The molecule has 2 aliphatic heterocycles. The number of carbonyl (C=O) groups excluding carboxylic acids is 1. The van der Waals surface area contributed by atoms with Crippen molar-refractivity contribution in [3.05, 3.63) is 18.0 Å². The molecule has 23 heavy (non-hydrogen) atoms. The van der Waals surface area contributed by atoms with Gasteiger partial charge >= 0.3 is 6.03 Å². The van der Waals surface area contributed by atoms with E-state index in [0.29, 0.717) is 0 Å². The summed E-state index contributed by atoms with van der Waals surface area (Å²) in [6.07, 6.45) is 6.81. The first kappa shape index (κ1) is 16.3. The summed E-state index contributed by atoms with van der Waals surface area (Å²) < 4.78 is 7.98. The fourth-order valence-corrected chi connectivity index (χ4v) is 3.61. The number of urea groups is 1. The van der Waals surface area contributed by atoms with Crippen molar-refractivity contribution in [1.29, 1.82) is 0 Å². The summed E-state index contributed by atoms with van der Waals surface area (Å²) >= 11 is 0. The SMILES string of the molecule is CN(C)C(=O)N[C@@H]1CCO[C@@]2(CCN(Cc3cnn(C)c3)C2)C1. The molecular weight excluding hydrogens is 294 g/mol. The van der Waals surface area contributed by atoms with E-state index in [4.69, 9.17) is 4.74 Å². The minimum Gasteiger partial charge on any atom is -0.373 e. The minimum absolute atomic E-state index is 0.0164. The Hall–Kier alpha value is -1.60. The summed E-state index contributed by atoms with van der Waals surface area (Å²) in [4.78, 5) is 15.9. The number of aromatic nitrogens is 2. The predicted molar refractivity (Wildman–Crippen MR) is 87.0 cm³/mol. The van der Waals surface area contributed by atoms with Crippen molar-refractivity contribution in [1.82, 2.24) is 24.9 Å². The molecule has 0 unspecified atom stereocenters. The van der Waals surface area contributed by atoms with E-state index in [9.17, 15) is 4.79 Å². The monoisotopic (exact) mass is 321 g/mol. The molecular formula is C16H27N5O2. The molecule has 2 saturated heterocycles. The highest BCUT2D eigenvalue weighted by Crippen LogP contribution is 2.34. The van der Waals surface area contributed by atoms with Gasteiger partial charge in [0.1, 0.15) is 0 Å². The lowest BCUT2D eigenvalue weighted by molar-refractivity contribution is -0.0792. The number of nitrogens with one attached hydrogen (secondary N) is 1. The number of amides is 2. The van der Waals surface area contributed by atoms with Gasteiger partial charge in [-0.2, -0.15) is 5.10 Å². The second-order valence-electron chi connectivity index (χ2n) is 7.05. The van der Waals surface area contributed by atoms with Crippen LogP contribution in [0.15, 0.2) is 12.4 Å². The predicted octanol–water partition coefficient (Wildman–Crippen LogP) is 0.815. The molecule has 7 nitrogen and oxygen atoms in total. The second kappa shape index (κ2) is 6.49. The highest BCUT2D eigenvalue weighted by molar-refractivity contribution is 5.73. The number of hydrogen-bond donors (Lipinski definition) is 1. The highest BCUT2D eigenvalue weighted by atomic mass is 16.5. The Balaban J connectivity index is 1.56. The van der Waals surface area contributed by atoms with Crippen LogP contribution in [0.2, 0.25) is 0 Å².